The molecule has 0 atom stereocenters. The molecule has 8 heteroatoms. The van der Waals surface area contributed by atoms with Gasteiger partial charge in [0.2, 0.25) is 5.91 Å². The first-order valence-corrected chi connectivity index (χ1v) is 11.0. The summed E-state index contributed by atoms with van der Waals surface area (Å²) in [7, 11) is 1.84. The minimum atomic E-state index is -0.268. The number of amides is 2. The number of rotatable bonds is 5. The molecule has 1 aromatic carbocycles. The van der Waals surface area contributed by atoms with E-state index in [-0.39, 0.29) is 18.4 Å². The minimum Gasteiger partial charge on any atom is -0.341 e. The molecule has 3 heterocycles. The van der Waals surface area contributed by atoms with Crippen LogP contribution in [0.1, 0.15) is 35.3 Å². The van der Waals surface area contributed by atoms with Crippen LogP contribution in [0.5, 0.6) is 0 Å². The quantitative estimate of drug-likeness (QED) is 0.630. The topological polar surface area (TPSA) is 71.3 Å². The maximum atomic E-state index is 13.4. The van der Waals surface area contributed by atoms with Crippen molar-refractivity contribution >= 4 is 28.8 Å². The Morgan fingerprint density at radius 2 is 1.87 bits per heavy atom. The summed E-state index contributed by atoms with van der Waals surface area (Å²) in [5.41, 5.74) is 3.01. The van der Waals surface area contributed by atoms with Crippen LogP contribution in [0.2, 0.25) is 0 Å². The largest absolute Gasteiger partial charge is 0.341 e. The molecule has 0 N–H and O–H groups in total. The summed E-state index contributed by atoms with van der Waals surface area (Å²) < 4.78 is 1.70. The SMILES string of the molecule is Cc1ccc(N(CC(=O)N2CCCCC2)C(=O)c2csc(-c3cnn(C)c3)n2)cc1. The normalized spacial score (nSPS) is 14.0. The highest BCUT2D eigenvalue weighted by Gasteiger charge is 2.26. The van der Waals surface area contributed by atoms with E-state index < -0.39 is 0 Å². The summed E-state index contributed by atoms with van der Waals surface area (Å²) >= 11 is 1.40. The monoisotopic (exact) mass is 423 g/mol. The summed E-state index contributed by atoms with van der Waals surface area (Å²) in [4.78, 5) is 34.2. The Morgan fingerprint density at radius 3 is 2.53 bits per heavy atom. The summed E-state index contributed by atoms with van der Waals surface area (Å²) in [5.74, 6) is -0.290. The Morgan fingerprint density at radius 1 is 1.13 bits per heavy atom. The van der Waals surface area contributed by atoms with Gasteiger partial charge in [-0.25, -0.2) is 4.98 Å². The Kier molecular flexibility index (Phi) is 5.94. The molecule has 1 aliphatic rings. The predicted octanol–water partition coefficient (Wildman–Crippen LogP) is 3.51. The molecule has 0 radical (unpaired) electrons. The maximum absolute atomic E-state index is 13.4. The first-order chi connectivity index (χ1) is 14.5. The molecule has 2 amide bonds. The van der Waals surface area contributed by atoms with E-state index in [1.165, 1.54) is 11.3 Å². The van der Waals surface area contributed by atoms with E-state index in [1.807, 2.05) is 49.3 Å². The second-order valence-corrected chi connectivity index (χ2v) is 8.47. The Balaban J connectivity index is 1.59. The van der Waals surface area contributed by atoms with Crippen molar-refractivity contribution in [3.8, 4) is 10.6 Å². The lowest BCUT2D eigenvalue weighted by atomic mass is 10.1. The molecule has 1 fully saturated rings. The van der Waals surface area contributed by atoms with Crippen molar-refractivity contribution in [3.63, 3.8) is 0 Å². The molecular formula is C22H25N5O2S. The van der Waals surface area contributed by atoms with Crippen LogP contribution in [-0.2, 0) is 11.8 Å². The zero-order chi connectivity index (χ0) is 21.1. The molecule has 0 spiro atoms. The molecule has 0 unspecified atom stereocenters. The highest BCUT2D eigenvalue weighted by molar-refractivity contribution is 7.13. The number of benzene rings is 1. The number of thiazole rings is 1. The van der Waals surface area contributed by atoms with Crippen LogP contribution >= 0.6 is 11.3 Å². The van der Waals surface area contributed by atoms with Gasteiger partial charge in [-0.1, -0.05) is 17.7 Å². The Bertz CT molecular complexity index is 1030. The molecule has 156 valence electrons. The predicted molar refractivity (Wildman–Crippen MR) is 118 cm³/mol. The fourth-order valence-corrected chi connectivity index (χ4v) is 4.33. The molecule has 0 aliphatic carbocycles. The smallest absolute Gasteiger partial charge is 0.278 e. The summed E-state index contributed by atoms with van der Waals surface area (Å²) in [6, 6.07) is 7.66. The summed E-state index contributed by atoms with van der Waals surface area (Å²) in [6.07, 6.45) is 6.78. The van der Waals surface area contributed by atoms with Crippen molar-refractivity contribution in [2.24, 2.45) is 7.05 Å². The fourth-order valence-electron chi connectivity index (χ4n) is 3.56. The molecule has 1 aliphatic heterocycles. The van der Waals surface area contributed by atoms with E-state index in [0.29, 0.717) is 11.4 Å². The zero-order valence-corrected chi connectivity index (χ0v) is 18.1. The van der Waals surface area contributed by atoms with Crippen molar-refractivity contribution < 1.29 is 9.59 Å². The molecule has 30 heavy (non-hydrogen) atoms. The van der Waals surface area contributed by atoms with Gasteiger partial charge in [0.15, 0.2) is 0 Å². The van der Waals surface area contributed by atoms with E-state index in [9.17, 15) is 9.59 Å². The van der Waals surface area contributed by atoms with Crippen molar-refractivity contribution in [2.75, 3.05) is 24.5 Å². The highest BCUT2D eigenvalue weighted by atomic mass is 32.1. The van der Waals surface area contributed by atoms with Crippen molar-refractivity contribution in [2.45, 2.75) is 26.2 Å². The zero-order valence-electron chi connectivity index (χ0n) is 17.2. The number of hydrogen-bond acceptors (Lipinski definition) is 5. The van der Waals surface area contributed by atoms with Gasteiger partial charge in [0.25, 0.3) is 5.91 Å². The number of likely N-dealkylation sites (tertiary alicyclic amines) is 1. The number of aryl methyl sites for hydroxylation is 2. The number of aromatic nitrogens is 3. The van der Waals surface area contributed by atoms with Crippen LogP contribution in [0.4, 0.5) is 5.69 Å². The average molecular weight is 424 g/mol. The fraction of sp³-hybridized carbons (Fsp3) is 0.364. The molecular weight excluding hydrogens is 398 g/mol. The standard InChI is InChI=1S/C22H25N5O2S/c1-16-6-8-18(9-7-16)27(14-20(28)26-10-4-3-5-11-26)22(29)19-15-30-21(24-19)17-12-23-25(2)13-17/h6-9,12-13,15H,3-5,10-11,14H2,1-2H3. The lowest BCUT2D eigenvalue weighted by Gasteiger charge is -2.30. The molecule has 3 aromatic rings. The van der Waals surface area contributed by atoms with Crippen LogP contribution in [0, 0.1) is 6.92 Å². The molecule has 0 saturated carbocycles. The molecule has 7 nitrogen and oxygen atoms in total. The van der Waals surface area contributed by atoms with Gasteiger partial charge < -0.3 is 4.90 Å². The number of piperidine rings is 1. The Labute approximate surface area is 179 Å². The third-order valence-corrected chi connectivity index (χ3v) is 6.16. The average Bonchev–Trinajstić information content (AvgIpc) is 3.42. The maximum Gasteiger partial charge on any atom is 0.278 e. The van der Waals surface area contributed by atoms with E-state index in [1.54, 1.807) is 21.2 Å². The first kappa shape index (κ1) is 20.3. The van der Waals surface area contributed by atoms with Gasteiger partial charge in [0, 0.05) is 43.0 Å². The second kappa shape index (κ2) is 8.79. The van der Waals surface area contributed by atoms with Gasteiger partial charge in [0.05, 0.1) is 6.20 Å². The molecule has 0 bridgehead atoms. The number of hydrogen-bond donors (Lipinski definition) is 0. The lowest BCUT2D eigenvalue weighted by molar-refractivity contribution is -0.130. The number of nitrogens with zero attached hydrogens (tertiary/aromatic N) is 5. The van der Waals surface area contributed by atoms with Crippen molar-refractivity contribution in [1.29, 1.82) is 0 Å². The van der Waals surface area contributed by atoms with Gasteiger partial charge in [-0.2, -0.15) is 5.10 Å². The minimum absolute atomic E-state index is 0.0155. The third-order valence-electron chi connectivity index (χ3n) is 5.27. The highest BCUT2D eigenvalue weighted by Crippen LogP contribution is 2.25. The van der Waals surface area contributed by atoms with E-state index in [0.717, 1.165) is 48.5 Å². The van der Waals surface area contributed by atoms with Crippen LogP contribution in [0.25, 0.3) is 10.6 Å². The van der Waals surface area contributed by atoms with Gasteiger partial charge in [0.1, 0.15) is 17.2 Å². The van der Waals surface area contributed by atoms with E-state index >= 15 is 0 Å². The summed E-state index contributed by atoms with van der Waals surface area (Å²) in [6.45, 7) is 3.53. The van der Waals surface area contributed by atoms with Gasteiger partial charge >= 0.3 is 0 Å². The molecule has 4 rings (SSSR count). The van der Waals surface area contributed by atoms with Crippen molar-refractivity contribution in [1.82, 2.24) is 19.7 Å². The summed E-state index contributed by atoms with van der Waals surface area (Å²) in [5, 5.41) is 6.65. The molecule has 2 aromatic heterocycles. The first-order valence-electron chi connectivity index (χ1n) is 10.1. The van der Waals surface area contributed by atoms with Gasteiger partial charge in [-0.15, -0.1) is 11.3 Å². The van der Waals surface area contributed by atoms with E-state index in [2.05, 4.69) is 10.1 Å². The van der Waals surface area contributed by atoms with Crippen LogP contribution in [-0.4, -0.2) is 51.1 Å². The number of anilines is 1. The number of carbonyl (C=O) groups excluding carboxylic acids is 2. The molecule has 1 saturated heterocycles. The Hall–Kier alpha value is -3.00. The van der Waals surface area contributed by atoms with Crippen LogP contribution < -0.4 is 4.90 Å². The van der Waals surface area contributed by atoms with Gasteiger partial charge in [-0.3, -0.25) is 19.2 Å². The van der Waals surface area contributed by atoms with Crippen LogP contribution in [0.15, 0.2) is 42.0 Å². The third kappa shape index (κ3) is 4.43. The van der Waals surface area contributed by atoms with Gasteiger partial charge in [-0.05, 0) is 38.3 Å². The van der Waals surface area contributed by atoms with Crippen LogP contribution in [0.3, 0.4) is 0 Å². The second-order valence-electron chi connectivity index (χ2n) is 7.61. The lowest BCUT2D eigenvalue weighted by Crippen LogP contribution is -2.45. The van der Waals surface area contributed by atoms with E-state index in [4.69, 9.17) is 0 Å². The van der Waals surface area contributed by atoms with Crippen molar-refractivity contribution in [3.05, 3.63) is 53.3 Å². The number of carbonyl (C=O) groups is 2.